The minimum atomic E-state index is -0.499. The molecule has 27 heavy (non-hydrogen) atoms. The Bertz CT molecular complexity index is 1110. The first-order valence-electron chi connectivity index (χ1n) is 8.32. The smallest absolute Gasteiger partial charge is 0.322 e. The summed E-state index contributed by atoms with van der Waals surface area (Å²) in [5.41, 5.74) is 1.17. The number of hydrogen-bond acceptors (Lipinski definition) is 7. The Morgan fingerprint density at radius 1 is 1.22 bits per heavy atom. The zero-order valence-corrected chi connectivity index (χ0v) is 15.0. The summed E-state index contributed by atoms with van der Waals surface area (Å²) in [6, 6.07) is 8.90. The van der Waals surface area contributed by atoms with Crippen molar-refractivity contribution in [2.45, 2.75) is 19.9 Å². The molecule has 9 heteroatoms. The molecule has 0 fully saturated rings. The molecule has 0 spiro atoms. The highest BCUT2D eigenvalue weighted by Gasteiger charge is 2.19. The maximum absolute atomic E-state index is 12.5. The van der Waals surface area contributed by atoms with Gasteiger partial charge >= 0.3 is 6.01 Å². The van der Waals surface area contributed by atoms with Crippen molar-refractivity contribution in [1.82, 2.24) is 20.0 Å². The number of fused-ring (bicyclic) bond motifs is 1. The third-order valence-corrected chi connectivity index (χ3v) is 3.98. The number of ether oxygens (including phenoxy) is 1. The lowest BCUT2D eigenvalue weighted by atomic mass is 10.2. The number of carbonyl (C=O) groups is 1. The standard InChI is InChI=1S/C18H17N5O4/c1-10(2)23-12(7-8-19-23)17-21-22-18(27-17)20-16(24)14-9-11-5-4-6-13(25-3)15(11)26-14/h4-10H,1-3H3,(H,20,22,24). The summed E-state index contributed by atoms with van der Waals surface area (Å²) in [5, 5.41) is 15.4. The summed E-state index contributed by atoms with van der Waals surface area (Å²) in [4.78, 5) is 12.5. The van der Waals surface area contributed by atoms with Gasteiger partial charge in [0.15, 0.2) is 17.1 Å². The van der Waals surface area contributed by atoms with Crippen LogP contribution in [0, 0.1) is 0 Å². The average Bonchev–Trinajstić information content (AvgIpc) is 3.38. The Morgan fingerprint density at radius 3 is 2.85 bits per heavy atom. The number of aromatic nitrogens is 4. The molecule has 4 rings (SSSR count). The SMILES string of the molecule is COc1cccc2cc(C(=O)Nc3nnc(-c4ccnn4C(C)C)o3)oc12. The van der Waals surface area contributed by atoms with Crippen LogP contribution in [0.3, 0.4) is 0 Å². The van der Waals surface area contributed by atoms with Crippen LogP contribution in [0.4, 0.5) is 6.01 Å². The third-order valence-electron chi connectivity index (χ3n) is 3.98. The number of nitrogens with zero attached hydrogens (tertiary/aromatic N) is 4. The minimum absolute atomic E-state index is 0.0288. The summed E-state index contributed by atoms with van der Waals surface area (Å²) in [6.45, 7) is 3.98. The van der Waals surface area contributed by atoms with E-state index in [9.17, 15) is 4.79 Å². The molecule has 0 unspecified atom stereocenters. The molecule has 4 aromatic rings. The molecule has 0 aliphatic heterocycles. The highest BCUT2D eigenvalue weighted by Crippen LogP contribution is 2.29. The topological polar surface area (TPSA) is 108 Å². The Labute approximate surface area is 153 Å². The van der Waals surface area contributed by atoms with Crippen molar-refractivity contribution in [3.05, 3.63) is 42.3 Å². The normalized spacial score (nSPS) is 11.3. The molecule has 138 valence electrons. The van der Waals surface area contributed by atoms with Crippen LogP contribution < -0.4 is 10.1 Å². The van der Waals surface area contributed by atoms with Gasteiger partial charge in [-0.15, -0.1) is 5.10 Å². The third kappa shape index (κ3) is 3.03. The van der Waals surface area contributed by atoms with Gasteiger partial charge in [-0.3, -0.25) is 14.8 Å². The van der Waals surface area contributed by atoms with Gasteiger partial charge in [-0.05, 0) is 32.0 Å². The maximum Gasteiger partial charge on any atom is 0.322 e. The lowest BCUT2D eigenvalue weighted by molar-refractivity contribution is 0.0995. The first kappa shape index (κ1) is 16.8. The van der Waals surface area contributed by atoms with Crippen LogP contribution in [0.2, 0.25) is 0 Å². The second-order valence-corrected chi connectivity index (χ2v) is 6.11. The maximum atomic E-state index is 12.5. The first-order chi connectivity index (χ1) is 13.1. The van der Waals surface area contributed by atoms with Crippen molar-refractivity contribution in [3.8, 4) is 17.3 Å². The molecule has 0 atom stereocenters. The molecule has 0 radical (unpaired) electrons. The molecule has 0 aliphatic rings. The van der Waals surface area contributed by atoms with Gasteiger partial charge in [0, 0.05) is 17.6 Å². The number of methoxy groups -OCH3 is 1. The molecule has 0 aliphatic carbocycles. The summed E-state index contributed by atoms with van der Waals surface area (Å²) in [7, 11) is 1.54. The van der Waals surface area contributed by atoms with Gasteiger partial charge in [0.25, 0.3) is 11.8 Å². The van der Waals surface area contributed by atoms with E-state index in [1.165, 1.54) is 0 Å². The van der Waals surface area contributed by atoms with Crippen molar-refractivity contribution in [2.75, 3.05) is 12.4 Å². The fourth-order valence-electron chi connectivity index (χ4n) is 2.74. The molecule has 0 saturated heterocycles. The first-order valence-corrected chi connectivity index (χ1v) is 8.32. The molecule has 1 amide bonds. The lowest BCUT2D eigenvalue weighted by Crippen LogP contribution is -2.11. The van der Waals surface area contributed by atoms with Crippen LogP contribution in [0.5, 0.6) is 5.75 Å². The summed E-state index contributed by atoms with van der Waals surface area (Å²) in [6.07, 6.45) is 1.65. The van der Waals surface area contributed by atoms with Gasteiger partial charge < -0.3 is 13.6 Å². The Kier molecular flexibility index (Phi) is 4.11. The molecule has 0 saturated carbocycles. The summed E-state index contributed by atoms with van der Waals surface area (Å²) < 4.78 is 18.2. The number of para-hydroxylation sites is 1. The average molecular weight is 367 g/mol. The van der Waals surface area contributed by atoms with E-state index in [1.54, 1.807) is 36.2 Å². The molecule has 9 nitrogen and oxygen atoms in total. The lowest BCUT2D eigenvalue weighted by Gasteiger charge is -2.07. The van der Waals surface area contributed by atoms with Gasteiger partial charge in [0.2, 0.25) is 0 Å². The van der Waals surface area contributed by atoms with E-state index in [-0.39, 0.29) is 23.7 Å². The summed E-state index contributed by atoms with van der Waals surface area (Å²) in [5.74, 6) is 0.429. The monoisotopic (exact) mass is 367 g/mol. The van der Waals surface area contributed by atoms with Crippen LogP contribution in [0.15, 0.2) is 45.4 Å². The van der Waals surface area contributed by atoms with E-state index in [0.717, 1.165) is 5.39 Å². The second kappa shape index (κ2) is 6.60. The largest absolute Gasteiger partial charge is 0.493 e. The molecule has 0 bridgehead atoms. The molecular weight excluding hydrogens is 350 g/mol. The van der Waals surface area contributed by atoms with E-state index >= 15 is 0 Å². The molecule has 3 heterocycles. The Balaban J connectivity index is 1.57. The highest BCUT2D eigenvalue weighted by molar-refractivity contribution is 6.04. The van der Waals surface area contributed by atoms with Crippen molar-refractivity contribution >= 4 is 22.9 Å². The van der Waals surface area contributed by atoms with E-state index in [0.29, 0.717) is 17.0 Å². The highest BCUT2D eigenvalue weighted by atomic mass is 16.5. The molecule has 1 aromatic carbocycles. The number of hydrogen-bond donors (Lipinski definition) is 1. The quantitative estimate of drug-likeness (QED) is 0.575. The van der Waals surface area contributed by atoms with Crippen molar-refractivity contribution < 1.29 is 18.4 Å². The summed E-state index contributed by atoms with van der Waals surface area (Å²) >= 11 is 0. The predicted molar refractivity (Wildman–Crippen MR) is 96.6 cm³/mol. The second-order valence-electron chi connectivity index (χ2n) is 6.11. The van der Waals surface area contributed by atoms with Crippen molar-refractivity contribution in [3.63, 3.8) is 0 Å². The van der Waals surface area contributed by atoms with Gasteiger partial charge in [-0.25, -0.2) is 0 Å². The Hall–Kier alpha value is -3.62. The predicted octanol–water partition coefficient (Wildman–Crippen LogP) is 3.52. The molecular formula is C18H17N5O4. The van der Waals surface area contributed by atoms with E-state index in [1.807, 2.05) is 26.0 Å². The fourth-order valence-corrected chi connectivity index (χ4v) is 2.74. The van der Waals surface area contributed by atoms with Gasteiger partial charge in [-0.2, -0.15) is 5.10 Å². The number of benzene rings is 1. The van der Waals surface area contributed by atoms with Gasteiger partial charge in [0.05, 0.1) is 7.11 Å². The van der Waals surface area contributed by atoms with Crippen LogP contribution in [0.1, 0.15) is 30.4 Å². The number of amides is 1. The van der Waals surface area contributed by atoms with Crippen LogP contribution in [-0.4, -0.2) is 33.0 Å². The van der Waals surface area contributed by atoms with E-state index in [4.69, 9.17) is 13.6 Å². The molecule has 3 aromatic heterocycles. The number of furan rings is 1. The van der Waals surface area contributed by atoms with Crippen LogP contribution in [0.25, 0.3) is 22.6 Å². The van der Waals surface area contributed by atoms with E-state index < -0.39 is 5.91 Å². The van der Waals surface area contributed by atoms with Crippen LogP contribution in [-0.2, 0) is 0 Å². The van der Waals surface area contributed by atoms with E-state index in [2.05, 4.69) is 20.6 Å². The van der Waals surface area contributed by atoms with Crippen LogP contribution >= 0.6 is 0 Å². The molecule has 1 N–H and O–H groups in total. The number of rotatable bonds is 5. The number of nitrogens with one attached hydrogen (secondary N) is 1. The van der Waals surface area contributed by atoms with Gasteiger partial charge in [-0.1, -0.05) is 17.2 Å². The minimum Gasteiger partial charge on any atom is -0.493 e. The van der Waals surface area contributed by atoms with Crippen molar-refractivity contribution in [2.24, 2.45) is 0 Å². The zero-order valence-electron chi connectivity index (χ0n) is 15.0. The Morgan fingerprint density at radius 2 is 2.07 bits per heavy atom. The zero-order chi connectivity index (χ0) is 19.0. The number of anilines is 1. The fraction of sp³-hybridized carbons (Fsp3) is 0.222. The number of carbonyl (C=O) groups excluding carboxylic acids is 1. The van der Waals surface area contributed by atoms with Gasteiger partial charge in [0.1, 0.15) is 5.69 Å². The van der Waals surface area contributed by atoms with Crippen molar-refractivity contribution in [1.29, 1.82) is 0 Å².